The van der Waals surface area contributed by atoms with Gasteiger partial charge in [0.1, 0.15) is 6.10 Å². The first-order chi connectivity index (χ1) is 8.56. The average Bonchev–Trinajstić information content (AvgIpc) is 2.36. The van der Waals surface area contributed by atoms with Crippen molar-refractivity contribution in [2.45, 2.75) is 26.0 Å². The van der Waals surface area contributed by atoms with Crippen LogP contribution in [0.4, 0.5) is 0 Å². The van der Waals surface area contributed by atoms with Crippen LogP contribution in [0.2, 0.25) is 0 Å². The first-order valence-electron chi connectivity index (χ1n) is 6.11. The van der Waals surface area contributed by atoms with Crippen molar-refractivity contribution in [3.05, 3.63) is 48.0 Å². The monoisotopic (exact) mass is 247 g/mol. The molecule has 0 heterocycles. The molecule has 2 atom stereocenters. The van der Waals surface area contributed by atoms with Crippen molar-refractivity contribution in [2.75, 3.05) is 14.1 Å². The number of ether oxygens (including phenoxy) is 1. The summed E-state index contributed by atoms with van der Waals surface area (Å²) in [4.78, 5) is 13.7. The highest BCUT2D eigenvalue weighted by Gasteiger charge is 2.24. The minimum Gasteiger partial charge on any atom is -0.453 e. The number of benzene rings is 1. The standard InChI is InChI=1S/C15H21NO2/c1-5-9-14(17)18-15(12(2)16(3)4)13-10-7-6-8-11-13/h5-12,15H,1-4H3/b9-5+/t12-,15-/m0/s1. The Morgan fingerprint density at radius 1 is 1.28 bits per heavy atom. The number of rotatable bonds is 5. The molecule has 3 nitrogen and oxygen atoms in total. The lowest BCUT2D eigenvalue weighted by Gasteiger charge is -2.29. The topological polar surface area (TPSA) is 29.5 Å². The van der Waals surface area contributed by atoms with E-state index in [1.54, 1.807) is 13.0 Å². The Hall–Kier alpha value is -1.61. The smallest absolute Gasteiger partial charge is 0.331 e. The highest BCUT2D eigenvalue weighted by atomic mass is 16.5. The Bertz CT molecular complexity index is 398. The number of hydrogen-bond acceptors (Lipinski definition) is 3. The summed E-state index contributed by atoms with van der Waals surface area (Å²) in [7, 11) is 3.95. The molecule has 0 spiro atoms. The molecule has 1 aromatic carbocycles. The van der Waals surface area contributed by atoms with Crippen LogP contribution in [0.3, 0.4) is 0 Å². The summed E-state index contributed by atoms with van der Waals surface area (Å²) in [5.74, 6) is -0.306. The van der Waals surface area contributed by atoms with Crippen molar-refractivity contribution in [3.8, 4) is 0 Å². The van der Waals surface area contributed by atoms with Crippen LogP contribution >= 0.6 is 0 Å². The van der Waals surface area contributed by atoms with Gasteiger partial charge in [-0.1, -0.05) is 36.4 Å². The molecule has 0 aliphatic rings. The van der Waals surface area contributed by atoms with Gasteiger partial charge in [-0.25, -0.2) is 4.79 Å². The van der Waals surface area contributed by atoms with Crippen LogP contribution < -0.4 is 0 Å². The van der Waals surface area contributed by atoms with Gasteiger partial charge in [-0.15, -0.1) is 0 Å². The Balaban J connectivity index is 2.92. The molecule has 1 aromatic rings. The molecule has 0 saturated carbocycles. The van der Waals surface area contributed by atoms with Crippen LogP contribution in [0.5, 0.6) is 0 Å². The second-order valence-corrected chi connectivity index (χ2v) is 4.47. The fourth-order valence-corrected chi connectivity index (χ4v) is 1.66. The van der Waals surface area contributed by atoms with E-state index >= 15 is 0 Å². The summed E-state index contributed by atoms with van der Waals surface area (Å²) in [5, 5.41) is 0. The van der Waals surface area contributed by atoms with E-state index in [0.29, 0.717) is 0 Å². The number of allylic oxidation sites excluding steroid dienone is 1. The summed E-state index contributed by atoms with van der Waals surface area (Å²) < 4.78 is 5.53. The molecule has 98 valence electrons. The predicted octanol–water partition coefficient (Wildman–Crippen LogP) is 2.80. The maximum absolute atomic E-state index is 11.6. The van der Waals surface area contributed by atoms with Gasteiger partial charge in [-0.3, -0.25) is 0 Å². The molecule has 0 saturated heterocycles. The minimum atomic E-state index is -0.306. The van der Waals surface area contributed by atoms with Gasteiger partial charge < -0.3 is 9.64 Å². The molecule has 0 N–H and O–H groups in total. The number of esters is 1. The summed E-state index contributed by atoms with van der Waals surface area (Å²) in [6, 6.07) is 9.93. The lowest BCUT2D eigenvalue weighted by molar-refractivity contribution is -0.146. The second-order valence-electron chi connectivity index (χ2n) is 4.47. The highest BCUT2D eigenvalue weighted by Crippen LogP contribution is 2.24. The quantitative estimate of drug-likeness (QED) is 0.592. The van der Waals surface area contributed by atoms with Gasteiger partial charge in [-0.2, -0.15) is 0 Å². The van der Waals surface area contributed by atoms with Crippen molar-refractivity contribution >= 4 is 5.97 Å². The Morgan fingerprint density at radius 3 is 2.39 bits per heavy atom. The van der Waals surface area contributed by atoms with E-state index in [2.05, 4.69) is 0 Å². The number of carbonyl (C=O) groups is 1. The molecule has 0 aliphatic heterocycles. The van der Waals surface area contributed by atoms with E-state index in [9.17, 15) is 4.79 Å². The normalized spacial score (nSPS) is 14.7. The van der Waals surface area contributed by atoms with Gasteiger partial charge in [-0.05, 0) is 33.5 Å². The van der Waals surface area contributed by atoms with Gasteiger partial charge in [0.05, 0.1) is 0 Å². The zero-order valence-corrected chi connectivity index (χ0v) is 11.5. The molecule has 0 fully saturated rings. The Morgan fingerprint density at radius 2 is 1.89 bits per heavy atom. The summed E-state index contributed by atoms with van der Waals surface area (Å²) in [5.41, 5.74) is 1.01. The number of hydrogen-bond donors (Lipinski definition) is 0. The number of likely N-dealkylation sites (N-methyl/N-ethyl adjacent to an activating group) is 1. The molecule has 0 aliphatic carbocycles. The van der Waals surface area contributed by atoms with E-state index in [4.69, 9.17) is 4.74 Å². The van der Waals surface area contributed by atoms with Gasteiger partial charge in [0.25, 0.3) is 0 Å². The fraction of sp³-hybridized carbons (Fsp3) is 0.400. The molecule has 0 amide bonds. The third-order valence-electron chi connectivity index (χ3n) is 2.93. The van der Waals surface area contributed by atoms with E-state index < -0.39 is 0 Å². The molecule has 0 aromatic heterocycles. The first-order valence-corrected chi connectivity index (χ1v) is 6.11. The van der Waals surface area contributed by atoms with E-state index in [1.165, 1.54) is 6.08 Å². The average molecular weight is 247 g/mol. The third kappa shape index (κ3) is 4.00. The van der Waals surface area contributed by atoms with Crippen LogP contribution in [0.15, 0.2) is 42.5 Å². The first kappa shape index (κ1) is 14.5. The van der Waals surface area contributed by atoms with Crippen molar-refractivity contribution < 1.29 is 9.53 Å². The maximum atomic E-state index is 11.6. The molecular formula is C15H21NO2. The second kappa shape index (κ2) is 6.97. The van der Waals surface area contributed by atoms with Crippen molar-refractivity contribution in [1.29, 1.82) is 0 Å². The van der Waals surface area contributed by atoms with Crippen molar-refractivity contribution in [1.82, 2.24) is 4.90 Å². The molecule has 0 bridgehead atoms. The lowest BCUT2D eigenvalue weighted by atomic mass is 10.0. The summed E-state index contributed by atoms with van der Waals surface area (Å²) >= 11 is 0. The number of carbonyl (C=O) groups excluding carboxylic acids is 1. The van der Waals surface area contributed by atoms with Gasteiger partial charge in [0.15, 0.2) is 0 Å². The minimum absolute atomic E-state index is 0.113. The number of nitrogens with zero attached hydrogens (tertiary/aromatic N) is 1. The van der Waals surface area contributed by atoms with Gasteiger partial charge >= 0.3 is 5.97 Å². The van der Waals surface area contributed by atoms with E-state index in [-0.39, 0.29) is 18.1 Å². The highest BCUT2D eigenvalue weighted by molar-refractivity contribution is 5.82. The molecule has 1 rings (SSSR count). The van der Waals surface area contributed by atoms with Crippen LogP contribution in [0.1, 0.15) is 25.5 Å². The zero-order chi connectivity index (χ0) is 13.5. The zero-order valence-electron chi connectivity index (χ0n) is 11.5. The van der Waals surface area contributed by atoms with Gasteiger partial charge in [0.2, 0.25) is 0 Å². The molecule has 0 unspecified atom stereocenters. The van der Waals surface area contributed by atoms with Gasteiger partial charge in [0, 0.05) is 12.1 Å². The SMILES string of the molecule is C/C=C/C(=O)O[C@H](c1ccccc1)[C@H](C)N(C)C. The lowest BCUT2D eigenvalue weighted by Crippen LogP contribution is -2.33. The molecule has 18 heavy (non-hydrogen) atoms. The fourth-order valence-electron chi connectivity index (χ4n) is 1.66. The van der Waals surface area contributed by atoms with E-state index in [0.717, 1.165) is 5.56 Å². The molecule has 0 radical (unpaired) electrons. The van der Waals surface area contributed by atoms with Crippen molar-refractivity contribution in [3.63, 3.8) is 0 Å². The maximum Gasteiger partial charge on any atom is 0.331 e. The largest absolute Gasteiger partial charge is 0.453 e. The van der Waals surface area contributed by atoms with Crippen LogP contribution in [0, 0.1) is 0 Å². The van der Waals surface area contributed by atoms with Crippen LogP contribution in [-0.2, 0) is 9.53 Å². The third-order valence-corrected chi connectivity index (χ3v) is 2.93. The summed E-state index contributed by atoms with van der Waals surface area (Å²) in [6.45, 7) is 3.84. The predicted molar refractivity (Wildman–Crippen MR) is 73.2 cm³/mol. The van der Waals surface area contributed by atoms with Crippen molar-refractivity contribution in [2.24, 2.45) is 0 Å². The molecular weight excluding hydrogens is 226 g/mol. The van der Waals surface area contributed by atoms with Crippen LogP contribution in [0.25, 0.3) is 0 Å². The van der Waals surface area contributed by atoms with E-state index in [1.807, 2.05) is 56.3 Å². The Kier molecular flexibility index (Phi) is 5.59. The molecule has 3 heteroatoms. The summed E-state index contributed by atoms with van der Waals surface area (Å²) in [6.07, 6.45) is 2.87. The Labute approximate surface area is 109 Å². The van der Waals surface area contributed by atoms with Crippen LogP contribution in [-0.4, -0.2) is 31.0 Å².